The van der Waals surface area contributed by atoms with E-state index < -0.39 is 36.2 Å². The molecule has 0 heterocycles. The number of carbonyl (C=O) groups excluding carboxylic acids is 2. The molecule has 3 aromatic rings. The lowest BCUT2D eigenvalue weighted by atomic mass is 9.98. The van der Waals surface area contributed by atoms with Crippen LogP contribution in [0.5, 0.6) is 0 Å². The highest BCUT2D eigenvalue weighted by atomic mass is 16.5. The first-order valence-corrected chi connectivity index (χ1v) is 13.2. The number of ether oxygens (including phenoxy) is 2. The molecule has 0 spiro atoms. The number of carboxylic acids is 1. The zero-order valence-electron chi connectivity index (χ0n) is 21.7. The molecule has 8 nitrogen and oxygen atoms in total. The van der Waals surface area contributed by atoms with Gasteiger partial charge in [-0.1, -0.05) is 78.9 Å². The van der Waals surface area contributed by atoms with Crippen LogP contribution in [0, 0.1) is 5.92 Å². The number of amides is 2. The number of aliphatic carboxylic acids is 1. The molecule has 202 valence electrons. The number of hydrogen-bond donors (Lipinski definition) is 3. The van der Waals surface area contributed by atoms with Gasteiger partial charge in [-0.2, -0.15) is 0 Å². The van der Waals surface area contributed by atoms with Gasteiger partial charge in [-0.05, 0) is 53.5 Å². The van der Waals surface area contributed by atoms with Gasteiger partial charge in [0.25, 0.3) is 0 Å². The summed E-state index contributed by atoms with van der Waals surface area (Å²) in [4.78, 5) is 38.0. The van der Waals surface area contributed by atoms with Crippen LogP contribution in [0.15, 0.2) is 78.9 Å². The minimum atomic E-state index is -1.15. The van der Waals surface area contributed by atoms with Crippen LogP contribution in [0.25, 0.3) is 11.1 Å². The van der Waals surface area contributed by atoms with Crippen LogP contribution in [0.2, 0.25) is 0 Å². The van der Waals surface area contributed by atoms with Crippen molar-refractivity contribution in [3.8, 4) is 11.1 Å². The van der Waals surface area contributed by atoms with Crippen molar-refractivity contribution in [1.29, 1.82) is 0 Å². The van der Waals surface area contributed by atoms with Gasteiger partial charge in [0, 0.05) is 5.92 Å². The third-order valence-electron chi connectivity index (χ3n) is 7.38. The van der Waals surface area contributed by atoms with Gasteiger partial charge >= 0.3 is 12.1 Å². The fourth-order valence-corrected chi connectivity index (χ4v) is 5.12. The second-order valence-corrected chi connectivity index (χ2v) is 10.1. The Morgan fingerprint density at radius 2 is 1.46 bits per heavy atom. The summed E-state index contributed by atoms with van der Waals surface area (Å²) >= 11 is 0. The monoisotopic (exact) mass is 528 g/mol. The van der Waals surface area contributed by atoms with E-state index in [2.05, 4.69) is 22.8 Å². The molecule has 2 aliphatic carbocycles. The van der Waals surface area contributed by atoms with E-state index in [0.717, 1.165) is 40.7 Å². The van der Waals surface area contributed by atoms with Crippen molar-refractivity contribution < 1.29 is 29.0 Å². The molecule has 5 rings (SSSR count). The van der Waals surface area contributed by atoms with Crippen LogP contribution in [-0.2, 0) is 25.7 Å². The van der Waals surface area contributed by atoms with Gasteiger partial charge in [0.2, 0.25) is 5.91 Å². The molecular formula is C31H32N2O6. The van der Waals surface area contributed by atoms with Crippen molar-refractivity contribution in [3.63, 3.8) is 0 Å². The number of fused-ring (bicyclic) bond motifs is 3. The van der Waals surface area contributed by atoms with E-state index in [1.807, 2.05) is 66.7 Å². The van der Waals surface area contributed by atoms with Crippen LogP contribution in [-0.4, -0.2) is 47.9 Å². The van der Waals surface area contributed by atoms with Crippen molar-refractivity contribution in [2.75, 3.05) is 6.61 Å². The summed E-state index contributed by atoms with van der Waals surface area (Å²) in [6, 6.07) is 23.4. The molecule has 39 heavy (non-hydrogen) atoms. The molecule has 2 aliphatic rings. The number of carboxylic acid groups (broad SMARTS) is 1. The predicted molar refractivity (Wildman–Crippen MR) is 145 cm³/mol. The van der Waals surface area contributed by atoms with Crippen molar-refractivity contribution in [3.05, 3.63) is 95.6 Å². The Bertz CT molecular complexity index is 1290. The highest BCUT2D eigenvalue weighted by Crippen LogP contribution is 2.44. The lowest BCUT2D eigenvalue weighted by molar-refractivity contribution is -0.143. The molecule has 2 amide bonds. The third-order valence-corrected chi connectivity index (χ3v) is 7.38. The van der Waals surface area contributed by atoms with Crippen molar-refractivity contribution in [2.24, 2.45) is 5.92 Å². The molecule has 0 aliphatic heterocycles. The molecule has 3 N–H and O–H groups in total. The molecule has 0 saturated heterocycles. The smallest absolute Gasteiger partial charge is 0.407 e. The molecule has 0 bridgehead atoms. The van der Waals surface area contributed by atoms with Gasteiger partial charge in [-0.25, -0.2) is 9.59 Å². The quantitative estimate of drug-likeness (QED) is 0.338. The fourth-order valence-electron chi connectivity index (χ4n) is 5.12. The molecule has 3 aromatic carbocycles. The Morgan fingerprint density at radius 3 is 2.05 bits per heavy atom. The zero-order valence-corrected chi connectivity index (χ0v) is 21.7. The van der Waals surface area contributed by atoms with Crippen LogP contribution in [0.3, 0.4) is 0 Å². The molecular weight excluding hydrogens is 496 g/mol. The van der Waals surface area contributed by atoms with E-state index >= 15 is 0 Å². The Kier molecular flexibility index (Phi) is 7.93. The second kappa shape index (κ2) is 11.7. The summed E-state index contributed by atoms with van der Waals surface area (Å²) in [5, 5.41) is 14.8. The molecule has 0 radical (unpaired) electrons. The maximum atomic E-state index is 13.2. The van der Waals surface area contributed by atoms with E-state index in [9.17, 15) is 19.5 Å². The minimum absolute atomic E-state index is 0.0906. The second-order valence-electron chi connectivity index (χ2n) is 10.1. The van der Waals surface area contributed by atoms with Crippen LogP contribution < -0.4 is 10.6 Å². The van der Waals surface area contributed by atoms with E-state index in [1.165, 1.54) is 0 Å². The molecule has 3 atom stereocenters. The lowest BCUT2D eigenvalue weighted by Crippen LogP contribution is -2.56. The number of alkyl carbamates (subject to hydrolysis) is 1. The largest absolute Gasteiger partial charge is 0.480 e. The maximum absolute atomic E-state index is 13.2. The first-order chi connectivity index (χ1) is 18.9. The minimum Gasteiger partial charge on any atom is -0.480 e. The normalized spacial score (nSPS) is 16.3. The summed E-state index contributed by atoms with van der Waals surface area (Å²) in [6.45, 7) is 1.99. The highest BCUT2D eigenvalue weighted by molar-refractivity contribution is 5.90. The summed E-state index contributed by atoms with van der Waals surface area (Å²) < 4.78 is 11.6. The van der Waals surface area contributed by atoms with Gasteiger partial charge in [0.05, 0.1) is 12.7 Å². The Labute approximate surface area is 227 Å². The van der Waals surface area contributed by atoms with E-state index in [0.29, 0.717) is 0 Å². The van der Waals surface area contributed by atoms with Gasteiger partial charge in [0.15, 0.2) is 0 Å². The SMILES string of the molecule is CC(OCc1ccccc1)C(NC(=O)OCC1c2ccccc2-c2ccccc21)C(=O)NC(C(=O)O)C1CC1. The van der Waals surface area contributed by atoms with Gasteiger partial charge in [-0.3, -0.25) is 4.79 Å². The molecule has 8 heteroatoms. The lowest BCUT2D eigenvalue weighted by Gasteiger charge is -2.26. The van der Waals surface area contributed by atoms with E-state index in [4.69, 9.17) is 9.47 Å². The Hall–Kier alpha value is -4.17. The topological polar surface area (TPSA) is 114 Å². The summed E-state index contributed by atoms with van der Waals surface area (Å²) in [7, 11) is 0. The van der Waals surface area contributed by atoms with Crippen molar-refractivity contribution in [2.45, 2.75) is 50.5 Å². The highest BCUT2D eigenvalue weighted by Gasteiger charge is 2.40. The average molecular weight is 529 g/mol. The Morgan fingerprint density at radius 1 is 0.872 bits per heavy atom. The maximum Gasteiger partial charge on any atom is 0.407 e. The van der Waals surface area contributed by atoms with E-state index in [-0.39, 0.29) is 25.0 Å². The standard InChI is InChI=1S/C31H32N2O6/c1-19(38-17-20-9-3-2-4-10-20)27(29(34)32-28(30(35)36)21-15-16-21)33-31(37)39-18-26-24-13-7-5-11-22(24)23-12-6-8-14-25(23)26/h2-14,19,21,26-28H,15-18H2,1H3,(H,32,34)(H,33,37)(H,35,36). The first kappa shape index (κ1) is 26.4. The fraction of sp³-hybridized carbons (Fsp3) is 0.323. The van der Waals surface area contributed by atoms with Crippen LogP contribution in [0.1, 0.15) is 42.4 Å². The average Bonchev–Trinajstić information content (AvgIpc) is 3.74. The molecule has 1 saturated carbocycles. The summed E-state index contributed by atoms with van der Waals surface area (Å²) in [5.41, 5.74) is 5.29. The van der Waals surface area contributed by atoms with Gasteiger partial charge in [-0.15, -0.1) is 0 Å². The molecule has 0 aromatic heterocycles. The first-order valence-electron chi connectivity index (χ1n) is 13.2. The zero-order chi connectivity index (χ0) is 27.4. The molecule has 3 unspecified atom stereocenters. The third kappa shape index (κ3) is 6.12. The number of rotatable bonds is 11. The van der Waals surface area contributed by atoms with Crippen LogP contribution >= 0.6 is 0 Å². The number of benzene rings is 3. The van der Waals surface area contributed by atoms with E-state index in [1.54, 1.807) is 6.92 Å². The number of hydrogen-bond acceptors (Lipinski definition) is 5. The Balaban J connectivity index is 1.27. The number of carbonyl (C=O) groups is 3. The van der Waals surface area contributed by atoms with Gasteiger partial charge in [0.1, 0.15) is 18.7 Å². The molecule has 1 fully saturated rings. The van der Waals surface area contributed by atoms with Crippen LogP contribution in [0.4, 0.5) is 4.79 Å². The predicted octanol–water partition coefficient (Wildman–Crippen LogP) is 4.48. The summed E-state index contributed by atoms with van der Waals surface area (Å²) in [6.07, 6.45) is -0.0476. The van der Waals surface area contributed by atoms with Gasteiger partial charge < -0.3 is 25.2 Å². The van der Waals surface area contributed by atoms with Crippen molar-refractivity contribution >= 4 is 18.0 Å². The summed E-state index contributed by atoms with van der Waals surface area (Å²) in [5.74, 6) is -1.96. The van der Waals surface area contributed by atoms with Crippen molar-refractivity contribution in [1.82, 2.24) is 10.6 Å². The number of nitrogens with one attached hydrogen (secondary N) is 2.